The molecule has 0 aromatic heterocycles. The minimum absolute atomic E-state index is 0.562. The smallest absolute Gasteiger partial charge is 0.00497 e. The van der Waals surface area contributed by atoms with Crippen LogP contribution in [0.2, 0.25) is 0 Å². The van der Waals surface area contributed by atoms with Crippen molar-refractivity contribution in [3.8, 4) is 0 Å². The van der Waals surface area contributed by atoms with Crippen LogP contribution >= 0.6 is 0 Å². The third kappa shape index (κ3) is 0.324. The highest BCUT2D eigenvalue weighted by Gasteiger charge is 2.94. The largest absolute Gasteiger partial charge is 0.102 e. The van der Waals surface area contributed by atoms with Crippen LogP contribution in [0.5, 0.6) is 0 Å². The zero-order valence-electron chi connectivity index (χ0n) is 6.84. The van der Waals surface area contributed by atoms with E-state index in [0.29, 0.717) is 10.8 Å². The van der Waals surface area contributed by atoms with Gasteiger partial charge in [0, 0.05) is 10.8 Å². The molecule has 0 atom stereocenters. The summed E-state index contributed by atoms with van der Waals surface area (Å²) in [6.07, 6.45) is 8.72. The van der Waals surface area contributed by atoms with Crippen LogP contribution in [-0.4, -0.2) is 0 Å². The molecule has 3 aliphatic carbocycles. The topological polar surface area (TPSA) is 0 Å². The Balaban J connectivity index is 2.04. The number of rotatable bonds is 2. The third-order valence-corrected chi connectivity index (χ3v) is 4.55. The van der Waals surface area contributed by atoms with Crippen molar-refractivity contribution in [2.45, 2.75) is 19.3 Å². The van der Waals surface area contributed by atoms with Gasteiger partial charge in [-0.15, -0.1) is 13.2 Å². The Morgan fingerprint density at radius 3 is 1.73 bits per heavy atom. The fourth-order valence-electron chi connectivity index (χ4n) is 4.10. The van der Waals surface area contributed by atoms with Crippen LogP contribution in [0.1, 0.15) is 19.3 Å². The van der Waals surface area contributed by atoms with E-state index in [4.69, 9.17) is 0 Å². The lowest BCUT2D eigenvalue weighted by molar-refractivity contribution is 0.274. The Morgan fingerprint density at radius 2 is 1.45 bits per heavy atom. The van der Waals surface area contributed by atoms with E-state index < -0.39 is 0 Å². The SMILES string of the molecule is C=CC12C3CCCC1C32C=C. The van der Waals surface area contributed by atoms with E-state index in [-0.39, 0.29) is 0 Å². The van der Waals surface area contributed by atoms with E-state index in [1.54, 1.807) is 0 Å². The summed E-state index contributed by atoms with van der Waals surface area (Å²) in [6.45, 7) is 7.93. The standard InChI is InChI=1S/C11H14/c1-3-10-8-6-5-7-9(10)11(8,10)4-2/h3-4,8-9H,1-2,5-7H2. The second-order valence-corrected chi connectivity index (χ2v) is 4.31. The van der Waals surface area contributed by atoms with Gasteiger partial charge in [0.15, 0.2) is 0 Å². The lowest BCUT2D eigenvalue weighted by Crippen LogP contribution is -2.17. The molecule has 0 radical (unpaired) electrons. The van der Waals surface area contributed by atoms with Crippen molar-refractivity contribution >= 4 is 0 Å². The molecule has 3 saturated carbocycles. The molecule has 0 unspecified atom stereocenters. The van der Waals surface area contributed by atoms with Crippen LogP contribution in [0.4, 0.5) is 0 Å². The number of allylic oxidation sites excluding steroid dienone is 2. The summed E-state index contributed by atoms with van der Waals surface area (Å²) in [6, 6.07) is 0. The summed E-state index contributed by atoms with van der Waals surface area (Å²) < 4.78 is 0. The highest BCUT2D eigenvalue weighted by molar-refractivity contribution is 5.52. The first-order valence-electron chi connectivity index (χ1n) is 4.62. The molecule has 0 aliphatic heterocycles. The van der Waals surface area contributed by atoms with Gasteiger partial charge in [-0.3, -0.25) is 0 Å². The normalized spacial score (nSPS) is 62.9. The monoisotopic (exact) mass is 146 g/mol. The van der Waals surface area contributed by atoms with Crippen LogP contribution in [0, 0.1) is 22.7 Å². The van der Waals surface area contributed by atoms with Gasteiger partial charge < -0.3 is 0 Å². The zero-order valence-corrected chi connectivity index (χ0v) is 6.84. The molecule has 0 bridgehead atoms. The lowest BCUT2D eigenvalue weighted by Gasteiger charge is -2.25. The molecule has 3 aliphatic rings. The van der Waals surface area contributed by atoms with Gasteiger partial charge in [0.1, 0.15) is 0 Å². The maximum atomic E-state index is 3.96. The molecule has 0 heteroatoms. The first kappa shape index (κ1) is 6.05. The lowest BCUT2D eigenvalue weighted by atomic mass is 9.79. The van der Waals surface area contributed by atoms with E-state index in [1.807, 2.05) is 0 Å². The summed E-state index contributed by atoms with van der Waals surface area (Å²) in [4.78, 5) is 0. The highest BCUT2D eigenvalue weighted by Crippen LogP contribution is 2.98. The van der Waals surface area contributed by atoms with Crippen molar-refractivity contribution in [1.82, 2.24) is 0 Å². The Labute approximate surface area is 68.0 Å². The molecule has 0 N–H and O–H groups in total. The summed E-state index contributed by atoms with van der Waals surface area (Å²) >= 11 is 0. The molecule has 0 nitrogen and oxygen atoms in total. The molecular weight excluding hydrogens is 132 g/mol. The number of fused-ring (bicyclic) bond motifs is 2. The predicted molar refractivity (Wildman–Crippen MR) is 46.1 cm³/mol. The second-order valence-electron chi connectivity index (χ2n) is 4.31. The Kier molecular flexibility index (Phi) is 0.742. The van der Waals surface area contributed by atoms with Gasteiger partial charge in [-0.1, -0.05) is 18.6 Å². The van der Waals surface area contributed by atoms with E-state index in [0.717, 1.165) is 11.8 Å². The van der Waals surface area contributed by atoms with Gasteiger partial charge >= 0.3 is 0 Å². The summed E-state index contributed by atoms with van der Waals surface area (Å²) in [5.74, 6) is 1.90. The molecule has 0 aromatic carbocycles. The van der Waals surface area contributed by atoms with Crippen molar-refractivity contribution in [1.29, 1.82) is 0 Å². The summed E-state index contributed by atoms with van der Waals surface area (Å²) in [5.41, 5.74) is 1.12. The van der Waals surface area contributed by atoms with Gasteiger partial charge in [-0.25, -0.2) is 0 Å². The molecular formula is C11H14. The fraction of sp³-hybridized carbons (Fsp3) is 0.636. The quantitative estimate of drug-likeness (QED) is 0.525. The van der Waals surface area contributed by atoms with E-state index in [1.165, 1.54) is 19.3 Å². The molecule has 0 heterocycles. The van der Waals surface area contributed by atoms with E-state index >= 15 is 0 Å². The Hall–Kier alpha value is -0.520. The maximum Gasteiger partial charge on any atom is 0.00497 e. The predicted octanol–water partition coefficient (Wildman–Crippen LogP) is 2.77. The second kappa shape index (κ2) is 1.35. The van der Waals surface area contributed by atoms with Gasteiger partial charge in [0.05, 0.1) is 0 Å². The van der Waals surface area contributed by atoms with Crippen LogP contribution in [0.15, 0.2) is 25.3 Å². The maximum absolute atomic E-state index is 3.96. The minimum Gasteiger partial charge on any atom is -0.102 e. The van der Waals surface area contributed by atoms with Crippen molar-refractivity contribution in [3.63, 3.8) is 0 Å². The van der Waals surface area contributed by atoms with Crippen molar-refractivity contribution in [2.75, 3.05) is 0 Å². The molecule has 0 saturated heterocycles. The molecule has 0 aromatic rings. The van der Waals surface area contributed by atoms with E-state index in [2.05, 4.69) is 25.3 Å². The fourth-order valence-corrected chi connectivity index (χ4v) is 4.10. The Morgan fingerprint density at radius 1 is 1.00 bits per heavy atom. The van der Waals surface area contributed by atoms with Crippen LogP contribution < -0.4 is 0 Å². The minimum atomic E-state index is 0.562. The van der Waals surface area contributed by atoms with Gasteiger partial charge in [-0.05, 0) is 24.7 Å². The first-order chi connectivity index (χ1) is 5.34. The number of hydrogen-bond donors (Lipinski definition) is 0. The summed E-state index contributed by atoms with van der Waals surface area (Å²) in [5, 5.41) is 0. The van der Waals surface area contributed by atoms with Crippen molar-refractivity contribution < 1.29 is 0 Å². The van der Waals surface area contributed by atoms with Crippen LogP contribution in [0.3, 0.4) is 0 Å². The van der Waals surface area contributed by atoms with Crippen molar-refractivity contribution in [2.24, 2.45) is 22.7 Å². The Bertz CT molecular complexity index is 215. The highest BCUT2D eigenvalue weighted by atomic mass is 15.0. The zero-order chi connectivity index (χ0) is 7.69. The molecule has 0 spiro atoms. The molecule has 58 valence electrons. The molecule has 0 amide bonds. The summed E-state index contributed by atoms with van der Waals surface area (Å²) in [7, 11) is 0. The van der Waals surface area contributed by atoms with Gasteiger partial charge in [-0.2, -0.15) is 0 Å². The van der Waals surface area contributed by atoms with E-state index in [9.17, 15) is 0 Å². The average Bonchev–Trinajstić information content (AvgIpc) is 2.90. The first-order valence-corrected chi connectivity index (χ1v) is 4.62. The molecule has 3 fully saturated rings. The number of hydrogen-bond acceptors (Lipinski definition) is 0. The van der Waals surface area contributed by atoms with Gasteiger partial charge in [0.2, 0.25) is 0 Å². The van der Waals surface area contributed by atoms with Gasteiger partial charge in [0.25, 0.3) is 0 Å². The molecule has 11 heavy (non-hydrogen) atoms. The molecule has 3 rings (SSSR count). The average molecular weight is 146 g/mol. The van der Waals surface area contributed by atoms with Crippen LogP contribution in [0.25, 0.3) is 0 Å². The van der Waals surface area contributed by atoms with Crippen molar-refractivity contribution in [3.05, 3.63) is 25.3 Å². The van der Waals surface area contributed by atoms with Crippen LogP contribution in [-0.2, 0) is 0 Å². The third-order valence-electron chi connectivity index (χ3n) is 4.55.